The van der Waals surface area contributed by atoms with Gasteiger partial charge in [-0.05, 0) is 43.2 Å². The van der Waals surface area contributed by atoms with E-state index in [1.54, 1.807) is 11.3 Å². The van der Waals surface area contributed by atoms with Crippen LogP contribution in [0, 0.1) is 0 Å². The number of H-pyrrole nitrogens is 1. The Balaban J connectivity index is 1.36. The highest BCUT2D eigenvalue weighted by molar-refractivity contribution is 5.85. The van der Waals surface area contributed by atoms with E-state index >= 15 is 0 Å². The predicted octanol–water partition coefficient (Wildman–Crippen LogP) is 7.90. The van der Waals surface area contributed by atoms with E-state index in [1.807, 2.05) is 0 Å². The maximum atomic E-state index is 3.75. The highest BCUT2D eigenvalue weighted by Gasteiger charge is 2.23. The second-order valence-corrected chi connectivity index (χ2v) is 8.12. The van der Waals surface area contributed by atoms with Gasteiger partial charge in [0, 0.05) is 16.6 Å². The van der Waals surface area contributed by atoms with Crippen LogP contribution in [0.4, 0.5) is 0 Å². The van der Waals surface area contributed by atoms with E-state index in [-0.39, 0.29) is 0 Å². The van der Waals surface area contributed by atoms with Crippen molar-refractivity contribution in [2.75, 3.05) is 0 Å². The molecular weight excluding hydrogens is 302 g/mol. The van der Waals surface area contributed by atoms with Crippen molar-refractivity contribution in [3.8, 4) is 0 Å². The lowest BCUT2D eigenvalue weighted by Gasteiger charge is -2.22. The number of aromatic nitrogens is 1. The number of hydrogen-bond acceptors (Lipinski definition) is 0. The molecule has 138 valence electrons. The molecule has 1 aromatic carbocycles. The monoisotopic (exact) mass is 339 g/mol. The van der Waals surface area contributed by atoms with E-state index in [1.165, 1.54) is 101 Å². The third kappa shape index (κ3) is 5.12. The van der Waals surface area contributed by atoms with Crippen molar-refractivity contribution in [2.45, 2.75) is 103 Å². The van der Waals surface area contributed by atoms with Crippen molar-refractivity contribution < 1.29 is 0 Å². The van der Waals surface area contributed by atoms with Gasteiger partial charge in [-0.2, -0.15) is 0 Å². The Labute approximate surface area is 154 Å². The maximum Gasteiger partial charge on any atom is 0.0459 e. The number of aromatic amines is 1. The van der Waals surface area contributed by atoms with Crippen molar-refractivity contribution in [1.82, 2.24) is 4.98 Å². The number of para-hydroxylation sites is 1. The molecule has 1 aliphatic rings. The first kappa shape index (κ1) is 18.5. The van der Waals surface area contributed by atoms with Crippen LogP contribution in [0.5, 0.6) is 0 Å². The van der Waals surface area contributed by atoms with Gasteiger partial charge in [0.15, 0.2) is 0 Å². The maximum absolute atomic E-state index is 3.75. The van der Waals surface area contributed by atoms with E-state index < -0.39 is 0 Å². The number of unbranched alkanes of at least 4 members (excludes halogenated alkanes) is 9. The summed E-state index contributed by atoms with van der Waals surface area (Å²) >= 11 is 0. The SMILES string of the molecule is CCCCCCCCCCCCC1CCCc2c1[nH]c1ccccc21. The predicted molar refractivity (Wildman–Crippen MR) is 110 cm³/mol. The van der Waals surface area contributed by atoms with Crippen LogP contribution in [0.3, 0.4) is 0 Å². The molecule has 0 saturated heterocycles. The van der Waals surface area contributed by atoms with Gasteiger partial charge in [0.2, 0.25) is 0 Å². The van der Waals surface area contributed by atoms with Crippen LogP contribution in [-0.4, -0.2) is 4.98 Å². The van der Waals surface area contributed by atoms with E-state index in [4.69, 9.17) is 0 Å². The molecule has 1 aliphatic carbocycles. The summed E-state index contributed by atoms with van der Waals surface area (Å²) in [4.78, 5) is 3.75. The van der Waals surface area contributed by atoms with Gasteiger partial charge >= 0.3 is 0 Å². The molecule has 1 nitrogen and oxygen atoms in total. The molecule has 1 heteroatoms. The molecule has 1 aromatic heterocycles. The topological polar surface area (TPSA) is 15.8 Å². The Morgan fingerprint density at radius 2 is 1.56 bits per heavy atom. The zero-order valence-corrected chi connectivity index (χ0v) is 16.3. The summed E-state index contributed by atoms with van der Waals surface area (Å²) in [5.74, 6) is 0.783. The van der Waals surface area contributed by atoms with E-state index in [0.717, 1.165) is 5.92 Å². The van der Waals surface area contributed by atoms with Gasteiger partial charge in [-0.25, -0.2) is 0 Å². The minimum absolute atomic E-state index is 0.783. The lowest BCUT2D eigenvalue weighted by molar-refractivity contribution is 0.475. The van der Waals surface area contributed by atoms with Gasteiger partial charge in [-0.3, -0.25) is 0 Å². The summed E-state index contributed by atoms with van der Waals surface area (Å²) in [6, 6.07) is 8.88. The molecule has 25 heavy (non-hydrogen) atoms. The first-order valence-corrected chi connectivity index (χ1v) is 11.0. The van der Waals surface area contributed by atoms with E-state index in [9.17, 15) is 0 Å². The molecule has 3 rings (SSSR count). The van der Waals surface area contributed by atoms with Crippen LogP contribution >= 0.6 is 0 Å². The Hall–Kier alpha value is -1.24. The normalized spacial score (nSPS) is 17.1. The van der Waals surface area contributed by atoms with Crippen LogP contribution in [0.1, 0.15) is 108 Å². The largest absolute Gasteiger partial charge is 0.358 e. The molecule has 2 aromatic rings. The second kappa shape index (κ2) is 10.0. The van der Waals surface area contributed by atoms with Crippen molar-refractivity contribution in [3.63, 3.8) is 0 Å². The minimum Gasteiger partial charge on any atom is -0.358 e. The summed E-state index contributed by atoms with van der Waals surface area (Å²) in [5.41, 5.74) is 4.55. The zero-order valence-electron chi connectivity index (χ0n) is 16.3. The van der Waals surface area contributed by atoms with Crippen LogP contribution in [0.25, 0.3) is 10.9 Å². The summed E-state index contributed by atoms with van der Waals surface area (Å²) < 4.78 is 0. The van der Waals surface area contributed by atoms with Crippen molar-refractivity contribution >= 4 is 10.9 Å². The number of rotatable bonds is 11. The van der Waals surface area contributed by atoms with Gasteiger partial charge in [-0.1, -0.05) is 89.3 Å². The van der Waals surface area contributed by atoms with Gasteiger partial charge in [0.1, 0.15) is 0 Å². The molecule has 0 saturated carbocycles. The summed E-state index contributed by atoms with van der Waals surface area (Å²) in [5, 5.41) is 1.48. The third-order valence-corrected chi connectivity index (χ3v) is 6.14. The Kier molecular flexibility index (Phi) is 7.45. The molecule has 0 bridgehead atoms. The van der Waals surface area contributed by atoms with E-state index in [0.29, 0.717) is 0 Å². The number of benzene rings is 1. The first-order valence-electron chi connectivity index (χ1n) is 11.0. The van der Waals surface area contributed by atoms with Crippen molar-refractivity contribution in [1.29, 1.82) is 0 Å². The molecule has 0 fully saturated rings. The van der Waals surface area contributed by atoms with Crippen LogP contribution in [-0.2, 0) is 6.42 Å². The van der Waals surface area contributed by atoms with E-state index in [2.05, 4.69) is 36.2 Å². The fourth-order valence-electron chi connectivity index (χ4n) is 4.68. The fraction of sp³-hybridized carbons (Fsp3) is 0.667. The molecule has 0 spiro atoms. The number of aryl methyl sites for hydroxylation is 1. The molecule has 1 unspecified atom stereocenters. The number of nitrogens with one attached hydrogen (secondary N) is 1. The van der Waals surface area contributed by atoms with Gasteiger partial charge in [0.05, 0.1) is 0 Å². The Morgan fingerprint density at radius 1 is 0.880 bits per heavy atom. The average Bonchev–Trinajstić information content (AvgIpc) is 3.03. The Bertz CT molecular complexity index is 624. The summed E-state index contributed by atoms with van der Waals surface area (Å²) in [6.07, 6.45) is 19.8. The Morgan fingerprint density at radius 3 is 2.32 bits per heavy atom. The molecule has 0 amide bonds. The van der Waals surface area contributed by atoms with Crippen LogP contribution in [0.15, 0.2) is 24.3 Å². The highest BCUT2D eigenvalue weighted by atomic mass is 14.7. The van der Waals surface area contributed by atoms with Crippen LogP contribution < -0.4 is 0 Å². The average molecular weight is 340 g/mol. The molecule has 1 N–H and O–H groups in total. The lowest BCUT2D eigenvalue weighted by Crippen LogP contribution is -2.09. The lowest BCUT2D eigenvalue weighted by atomic mass is 9.83. The number of hydrogen-bond donors (Lipinski definition) is 1. The number of fused-ring (bicyclic) bond motifs is 3. The summed E-state index contributed by atoms with van der Waals surface area (Å²) in [7, 11) is 0. The molecule has 1 atom stereocenters. The molecule has 0 aliphatic heterocycles. The van der Waals surface area contributed by atoms with Gasteiger partial charge in [-0.15, -0.1) is 0 Å². The zero-order chi connectivity index (χ0) is 17.3. The smallest absolute Gasteiger partial charge is 0.0459 e. The van der Waals surface area contributed by atoms with Gasteiger partial charge in [0.25, 0.3) is 0 Å². The quantitative estimate of drug-likeness (QED) is 0.400. The minimum atomic E-state index is 0.783. The summed E-state index contributed by atoms with van der Waals surface area (Å²) in [6.45, 7) is 2.30. The molecule has 1 heterocycles. The third-order valence-electron chi connectivity index (χ3n) is 6.14. The highest BCUT2D eigenvalue weighted by Crippen LogP contribution is 2.38. The first-order chi connectivity index (χ1) is 12.4. The fourth-order valence-corrected chi connectivity index (χ4v) is 4.68. The molecule has 0 radical (unpaired) electrons. The van der Waals surface area contributed by atoms with Crippen molar-refractivity contribution in [2.24, 2.45) is 0 Å². The van der Waals surface area contributed by atoms with Gasteiger partial charge < -0.3 is 4.98 Å². The molecular formula is C24H37N. The second-order valence-electron chi connectivity index (χ2n) is 8.12. The standard InChI is InChI=1S/C24H37N/c1-2-3-4-5-6-7-8-9-10-11-15-20-16-14-18-22-21-17-12-13-19-23(21)25-24(20)22/h12-13,17,19-20,25H,2-11,14-16,18H2,1H3. The van der Waals surface area contributed by atoms with Crippen molar-refractivity contribution in [3.05, 3.63) is 35.5 Å². The van der Waals surface area contributed by atoms with Crippen LogP contribution in [0.2, 0.25) is 0 Å².